The number of hydrogen-bond acceptors (Lipinski definition) is 5. The number of ether oxygens (including phenoxy) is 1. The summed E-state index contributed by atoms with van der Waals surface area (Å²) in [7, 11) is -4.75. The molecule has 0 radical (unpaired) electrons. The molecule has 0 heterocycles. The Hall–Kier alpha value is -2.81. The first kappa shape index (κ1) is 19.9. The van der Waals surface area contributed by atoms with E-state index in [1.54, 1.807) is 0 Å². The molecule has 3 aromatic rings. The maximum atomic E-state index is 14.1. The standard InChI is InChI=1S/C17H7F4NO4S2/c18-13-11(6-22)14(19)16(21)17(15(13)20)26-12-5-9(28(23,24)25)4-7-3-8(27)1-2-10(7)12/h1-5,27H,(H,23,24,25). The van der Waals surface area contributed by atoms with Crippen molar-refractivity contribution >= 4 is 33.5 Å². The van der Waals surface area contributed by atoms with Crippen molar-refractivity contribution in [3.8, 4) is 17.6 Å². The van der Waals surface area contributed by atoms with Crippen LogP contribution in [0.3, 0.4) is 0 Å². The lowest BCUT2D eigenvalue weighted by atomic mass is 10.1. The fraction of sp³-hybridized carbons (Fsp3) is 0. The molecule has 144 valence electrons. The monoisotopic (exact) mass is 429 g/mol. The molecule has 28 heavy (non-hydrogen) atoms. The molecule has 0 spiro atoms. The summed E-state index contributed by atoms with van der Waals surface area (Å²) in [6.07, 6.45) is 0. The summed E-state index contributed by atoms with van der Waals surface area (Å²) in [6.45, 7) is 0. The lowest BCUT2D eigenvalue weighted by Gasteiger charge is -2.13. The molecule has 0 unspecified atom stereocenters. The van der Waals surface area contributed by atoms with E-state index in [1.165, 1.54) is 18.2 Å². The lowest BCUT2D eigenvalue weighted by Crippen LogP contribution is -2.05. The molecular formula is C17H7F4NO4S2. The molecule has 3 rings (SSSR count). The Morgan fingerprint density at radius 1 is 1.00 bits per heavy atom. The molecule has 11 heteroatoms. The molecule has 0 aromatic heterocycles. The van der Waals surface area contributed by atoms with Crippen LogP contribution in [0.2, 0.25) is 0 Å². The van der Waals surface area contributed by atoms with Crippen LogP contribution in [0, 0.1) is 34.6 Å². The van der Waals surface area contributed by atoms with E-state index in [-0.39, 0.29) is 10.8 Å². The Labute approximate surface area is 160 Å². The van der Waals surface area contributed by atoms with Gasteiger partial charge in [-0.25, -0.2) is 8.78 Å². The zero-order chi connectivity index (χ0) is 20.8. The summed E-state index contributed by atoms with van der Waals surface area (Å²) >= 11 is 4.08. The molecule has 0 saturated heterocycles. The average Bonchev–Trinajstić information content (AvgIpc) is 2.62. The van der Waals surface area contributed by atoms with Crippen molar-refractivity contribution in [3.05, 3.63) is 59.2 Å². The van der Waals surface area contributed by atoms with Gasteiger partial charge in [0.2, 0.25) is 17.4 Å². The van der Waals surface area contributed by atoms with Crippen molar-refractivity contribution in [3.63, 3.8) is 0 Å². The average molecular weight is 429 g/mol. The minimum absolute atomic E-state index is 0.106. The molecule has 0 atom stereocenters. The Kier molecular flexibility index (Phi) is 4.97. The van der Waals surface area contributed by atoms with E-state index in [2.05, 4.69) is 12.6 Å². The summed E-state index contributed by atoms with van der Waals surface area (Å²) in [6, 6.07) is 6.93. The Morgan fingerprint density at radius 3 is 2.14 bits per heavy atom. The summed E-state index contributed by atoms with van der Waals surface area (Å²) in [5, 5.41) is 8.87. The summed E-state index contributed by atoms with van der Waals surface area (Å²) in [5.74, 6) is -9.93. The van der Waals surface area contributed by atoms with Gasteiger partial charge in [-0.3, -0.25) is 4.55 Å². The Morgan fingerprint density at radius 2 is 1.61 bits per heavy atom. The lowest BCUT2D eigenvalue weighted by molar-refractivity contribution is 0.366. The van der Waals surface area contributed by atoms with Gasteiger partial charge in [0.1, 0.15) is 17.4 Å². The van der Waals surface area contributed by atoms with Gasteiger partial charge in [-0.2, -0.15) is 22.5 Å². The molecule has 0 aliphatic carbocycles. The summed E-state index contributed by atoms with van der Waals surface area (Å²) < 4.78 is 93.1. The fourth-order valence-electron chi connectivity index (χ4n) is 2.44. The van der Waals surface area contributed by atoms with E-state index in [1.807, 2.05) is 0 Å². The second kappa shape index (κ2) is 6.97. The quantitative estimate of drug-likeness (QED) is 0.275. The van der Waals surface area contributed by atoms with Crippen LogP contribution in [-0.4, -0.2) is 13.0 Å². The van der Waals surface area contributed by atoms with Crippen molar-refractivity contribution in [2.24, 2.45) is 0 Å². The predicted molar refractivity (Wildman–Crippen MR) is 92.1 cm³/mol. The molecule has 0 aliphatic rings. The number of halogens is 4. The van der Waals surface area contributed by atoms with Crippen LogP contribution in [0.15, 0.2) is 40.1 Å². The SMILES string of the molecule is N#Cc1c(F)c(F)c(Oc2cc(S(=O)(=O)O)cc3cc(S)ccc23)c(F)c1F. The second-order valence-corrected chi connectivity index (χ2v) is 7.41. The van der Waals surface area contributed by atoms with Crippen LogP contribution < -0.4 is 4.74 Å². The molecular weight excluding hydrogens is 422 g/mol. The van der Waals surface area contributed by atoms with Crippen molar-refractivity contribution in [2.75, 3.05) is 0 Å². The highest BCUT2D eigenvalue weighted by Crippen LogP contribution is 2.38. The van der Waals surface area contributed by atoms with Gasteiger partial charge in [0.15, 0.2) is 11.6 Å². The number of rotatable bonds is 3. The largest absolute Gasteiger partial charge is 0.450 e. The highest BCUT2D eigenvalue weighted by molar-refractivity contribution is 7.85. The highest BCUT2D eigenvalue weighted by atomic mass is 32.2. The number of nitrogens with zero attached hydrogens (tertiary/aromatic N) is 1. The van der Waals surface area contributed by atoms with Crippen molar-refractivity contribution in [2.45, 2.75) is 9.79 Å². The van der Waals surface area contributed by atoms with Gasteiger partial charge in [-0.05, 0) is 29.7 Å². The first-order chi connectivity index (χ1) is 13.0. The van der Waals surface area contributed by atoms with Gasteiger partial charge in [0.25, 0.3) is 10.1 Å². The fourth-order valence-corrected chi connectivity index (χ4v) is 3.18. The molecule has 0 aliphatic heterocycles. The topological polar surface area (TPSA) is 87.4 Å². The van der Waals surface area contributed by atoms with Crippen LogP contribution in [0.4, 0.5) is 17.6 Å². The van der Waals surface area contributed by atoms with Crippen molar-refractivity contribution in [1.82, 2.24) is 0 Å². The van der Waals surface area contributed by atoms with Gasteiger partial charge in [0.05, 0.1) is 4.90 Å². The second-order valence-electron chi connectivity index (χ2n) is 5.48. The van der Waals surface area contributed by atoms with Gasteiger partial charge >= 0.3 is 0 Å². The zero-order valence-electron chi connectivity index (χ0n) is 13.4. The van der Waals surface area contributed by atoms with Crippen LogP contribution in [-0.2, 0) is 10.1 Å². The first-order valence-electron chi connectivity index (χ1n) is 7.22. The minimum atomic E-state index is -4.75. The zero-order valence-corrected chi connectivity index (χ0v) is 15.1. The maximum absolute atomic E-state index is 14.1. The van der Waals surface area contributed by atoms with Crippen LogP contribution in [0.25, 0.3) is 10.8 Å². The van der Waals surface area contributed by atoms with E-state index >= 15 is 0 Å². The van der Waals surface area contributed by atoms with Gasteiger partial charge < -0.3 is 4.74 Å². The van der Waals surface area contributed by atoms with Gasteiger partial charge in [0, 0.05) is 16.3 Å². The molecule has 3 aromatic carbocycles. The van der Waals surface area contributed by atoms with E-state index in [4.69, 9.17) is 10.00 Å². The summed E-state index contributed by atoms with van der Waals surface area (Å²) in [4.78, 5) is -0.303. The third kappa shape index (κ3) is 3.37. The number of benzene rings is 3. The molecule has 0 saturated carbocycles. The van der Waals surface area contributed by atoms with E-state index in [9.17, 15) is 30.5 Å². The molecule has 5 nitrogen and oxygen atoms in total. The third-order valence-electron chi connectivity index (χ3n) is 3.72. The van der Waals surface area contributed by atoms with Gasteiger partial charge in [-0.1, -0.05) is 0 Å². The van der Waals surface area contributed by atoms with E-state index < -0.39 is 55.3 Å². The van der Waals surface area contributed by atoms with Crippen molar-refractivity contribution < 1.29 is 35.3 Å². The number of nitriles is 1. The predicted octanol–water partition coefficient (Wildman–Crippen LogP) is 4.60. The summed E-state index contributed by atoms with van der Waals surface area (Å²) in [5.41, 5.74) is -1.47. The molecule has 0 bridgehead atoms. The first-order valence-corrected chi connectivity index (χ1v) is 9.11. The van der Waals surface area contributed by atoms with Gasteiger partial charge in [-0.15, -0.1) is 12.6 Å². The Balaban J connectivity index is 2.31. The smallest absolute Gasteiger partial charge is 0.294 e. The normalized spacial score (nSPS) is 11.5. The minimum Gasteiger partial charge on any atom is -0.450 e. The number of fused-ring (bicyclic) bond motifs is 1. The highest BCUT2D eigenvalue weighted by Gasteiger charge is 2.28. The maximum Gasteiger partial charge on any atom is 0.294 e. The molecule has 0 amide bonds. The van der Waals surface area contributed by atoms with E-state index in [0.29, 0.717) is 4.90 Å². The van der Waals surface area contributed by atoms with Crippen molar-refractivity contribution in [1.29, 1.82) is 5.26 Å². The van der Waals surface area contributed by atoms with Crippen LogP contribution >= 0.6 is 12.6 Å². The van der Waals surface area contributed by atoms with Crippen LogP contribution in [0.1, 0.15) is 5.56 Å². The third-order valence-corrected chi connectivity index (χ3v) is 4.83. The Bertz CT molecular complexity index is 1260. The van der Waals surface area contributed by atoms with Crippen LogP contribution in [0.5, 0.6) is 11.5 Å². The van der Waals surface area contributed by atoms with E-state index in [0.717, 1.165) is 18.2 Å². The molecule has 1 N–H and O–H groups in total. The number of thiol groups is 1. The molecule has 0 fully saturated rings. The number of hydrogen-bond donors (Lipinski definition) is 2.